The molecular formula is C31H36F2N3O6PS. The fourth-order valence-corrected chi connectivity index (χ4v) is 7.28. The quantitative estimate of drug-likeness (QED) is 0.300. The second-order valence-corrected chi connectivity index (χ2v) is 15.3. The summed E-state index contributed by atoms with van der Waals surface area (Å²) in [6.45, 7) is 6.83. The van der Waals surface area contributed by atoms with Gasteiger partial charge in [-0.3, -0.25) is 18.9 Å². The average molecular weight is 648 g/mol. The van der Waals surface area contributed by atoms with Crippen LogP contribution in [0.25, 0.3) is 10.1 Å². The number of rotatable bonds is 6. The number of carbonyl (C=O) groups is 3. The molecule has 2 aliphatic heterocycles. The summed E-state index contributed by atoms with van der Waals surface area (Å²) >= 11 is 1.02. The first-order valence-electron chi connectivity index (χ1n) is 14.5. The van der Waals surface area contributed by atoms with Crippen LogP contribution < -0.4 is 5.32 Å². The molecule has 2 aromatic carbocycles. The molecular weight excluding hydrogens is 611 g/mol. The van der Waals surface area contributed by atoms with E-state index >= 15 is 0 Å². The number of amides is 3. The fraction of sp³-hybridized carbons (Fsp3) is 0.452. The van der Waals surface area contributed by atoms with E-state index < -0.39 is 42.2 Å². The van der Waals surface area contributed by atoms with Crippen LogP contribution in [0.2, 0.25) is 0 Å². The predicted molar refractivity (Wildman–Crippen MR) is 163 cm³/mol. The number of nitrogens with zero attached hydrogens (tertiary/aromatic N) is 2. The Morgan fingerprint density at radius 1 is 1.00 bits per heavy atom. The Morgan fingerprint density at radius 3 is 2.27 bits per heavy atom. The number of thiophene rings is 1. The van der Waals surface area contributed by atoms with Gasteiger partial charge in [0.1, 0.15) is 12.1 Å². The van der Waals surface area contributed by atoms with Crippen LogP contribution in [0.15, 0.2) is 48.5 Å². The second kappa shape index (κ2) is 12.0. The van der Waals surface area contributed by atoms with Gasteiger partial charge in [-0.05, 0) is 53.0 Å². The van der Waals surface area contributed by atoms with Crippen LogP contribution in [0, 0.1) is 5.41 Å². The summed E-state index contributed by atoms with van der Waals surface area (Å²) < 4.78 is 40.4. The number of fused-ring (bicyclic) bond motifs is 2. The van der Waals surface area contributed by atoms with Gasteiger partial charge in [-0.15, -0.1) is 11.3 Å². The number of likely N-dealkylation sites (tertiary alicyclic amines) is 1. The summed E-state index contributed by atoms with van der Waals surface area (Å²) in [5.41, 5.74) is -3.79. The Morgan fingerprint density at radius 2 is 1.66 bits per heavy atom. The van der Waals surface area contributed by atoms with Crippen LogP contribution in [0.1, 0.15) is 72.8 Å². The zero-order valence-corrected chi connectivity index (χ0v) is 26.5. The lowest BCUT2D eigenvalue weighted by atomic mass is 9.85. The molecule has 2 aliphatic rings. The number of nitrogens with one attached hydrogen (secondary N) is 1. The number of hydrogen-bond acceptors (Lipinski definition) is 5. The molecule has 3 amide bonds. The summed E-state index contributed by atoms with van der Waals surface area (Å²) in [5, 5.41) is 3.06. The molecule has 3 aromatic rings. The fourth-order valence-electron chi connectivity index (χ4n) is 5.86. The van der Waals surface area contributed by atoms with E-state index in [0.717, 1.165) is 53.9 Å². The van der Waals surface area contributed by atoms with Gasteiger partial charge in [-0.25, -0.2) is 0 Å². The molecule has 5 rings (SSSR count). The van der Waals surface area contributed by atoms with E-state index in [-0.39, 0.29) is 22.1 Å². The molecule has 1 fully saturated rings. The van der Waals surface area contributed by atoms with Gasteiger partial charge in [-0.2, -0.15) is 8.78 Å². The Kier molecular flexibility index (Phi) is 8.76. The molecule has 1 saturated heterocycles. The molecule has 9 nitrogen and oxygen atoms in total. The van der Waals surface area contributed by atoms with Crippen molar-refractivity contribution in [3.8, 4) is 0 Å². The van der Waals surface area contributed by atoms with E-state index in [9.17, 15) is 27.7 Å². The van der Waals surface area contributed by atoms with Gasteiger partial charge in [0.25, 0.3) is 5.91 Å². The Balaban J connectivity index is 1.38. The lowest BCUT2D eigenvalue weighted by Gasteiger charge is -2.38. The van der Waals surface area contributed by atoms with Gasteiger partial charge in [0.2, 0.25) is 11.8 Å². The van der Waals surface area contributed by atoms with E-state index in [1.165, 1.54) is 12.1 Å². The molecule has 3 heterocycles. The molecule has 236 valence electrons. The van der Waals surface area contributed by atoms with Gasteiger partial charge in [-0.1, -0.05) is 63.9 Å². The minimum Gasteiger partial charge on any atom is -0.339 e. The summed E-state index contributed by atoms with van der Waals surface area (Å²) in [4.78, 5) is 63.4. The zero-order valence-electron chi connectivity index (χ0n) is 24.8. The van der Waals surface area contributed by atoms with E-state index in [1.54, 1.807) is 9.80 Å². The van der Waals surface area contributed by atoms with E-state index in [2.05, 4.69) is 5.32 Å². The molecule has 44 heavy (non-hydrogen) atoms. The van der Waals surface area contributed by atoms with Crippen LogP contribution in [-0.4, -0.2) is 55.9 Å². The molecule has 1 aromatic heterocycles. The molecule has 0 saturated carbocycles. The van der Waals surface area contributed by atoms with Crippen LogP contribution in [0.4, 0.5) is 8.78 Å². The minimum atomic E-state index is -5.76. The Hall–Kier alpha value is -3.18. The van der Waals surface area contributed by atoms with Gasteiger partial charge in [0.15, 0.2) is 0 Å². The standard InChI is InChI=1S/C31H36F2N3O6PS/c1-30(2,3)26(34-27(37)25-16-21-15-22(12-13-24(21)44-25)31(32,33)43(40,41)42)29(39)36-14-8-4-5-11-23(36)28(38)35-17-19-9-6-7-10-20(19)18-35/h6-7,9-10,12-13,15-16,23,26H,4-5,8,11,14,17-18H2,1-3H3,(H,34,37)(H2,40,41,42)/t23-,26?/m0/s1. The Labute approximate surface area is 258 Å². The van der Waals surface area contributed by atoms with Crippen molar-refractivity contribution < 1.29 is 37.5 Å². The molecule has 0 spiro atoms. The zero-order chi connectivity index (χ0) is 32.0. The second-order valence-electron chi connectivity index (χ2n) is 12.6. The van der Waals surface area contributed by atoms with Crippen molar-refractivity contribution in [3.05, 3.63) is 70.1 Å². The van der Waals surface area contributed by atoms with Crippen LogP contribution in [0.5, 0.6) is 0 Å². The minimum absolute atomic E-state index is 0.108. The summed E-state index contributed by atoms with van der Waals surface area (Å²) in [6.07, 6.45) is 2.95. The highest BCUT2D eigenvalue weighted by Crippen LogP contribution is 2.59. The smallest absolute Gasteiger partial charge is 0.339 e. The van der Waals surface area contributed by atoms with E-state index in [0.29, 0.717) is 30.8 Å². The number of halogens is 2. The van der Waals surface area contributed by atoms with Crippen molar-refractivity contribution in [2.75, 3.05) is 6.54 Å². The lowest BCUT2D eigenvalue weighted by Crippen LogP contribution is -2.59. The van der Waals surface area contributed by atoms with Gasteiger partial charge in [0, 0.05) is 29.9 Å². The third-order valence-corrected chi connectivity index (χ3v) is 10.4. The summed E-state index contributed by atoms with van der Waals surface area (Å²) in [7, 11) is -5.76. The van der Waals surface area contributed by atoms with Crippen molar-refractivity contribution in [1.29, 1.82) is 0 Å². The number of carbonyl (C=O) groups excluding carboxylic acids is 3. The third kappa shape index (κ3) is 6.31. The first-order valence-corrected chi connectivity index (χ1v) is 17.0. The molecule has 0 aliphatic carbocycles. The van der Waals surface area contributed by atoms with Crippen LogP contribution in [0.3, 0.4) is 0 Å². The molecule has 0 bridgehead atoms. The van der Waals surface area contributed by atoms with E-state index in [4.69, 9.17) is 9.79 Å². The van der Waals surface area contributed by atoms with Crippen molar-refractivity contribution in [2.45, 2.75) is 77.3 Å². The maximum Gasteiger partial charge on any atom is 0.399 e. The van der Waals surface area contributed by atoms with Gasteiger partial charge in [0.05, 0.1) is 4.88 Å². The summed E-state index contributed by atoms with van der Waals surface area (Å²) in [6, 6.07) is 10.8. The van der Waals surface area contributed by atoms with Crippen LogP contribution >= 0.6 is 18.9 Å². The summed E-state index contributed by atoms with van der Waals surface area (Å²) in [5.74, 6) is -1.05. The van der Waals surface area contributed by atoms with E-state index in [1.807, 2.05) is 45.0 Å². The van der Waals surface area contributed by atoms with Gasteiger partial charge < -0.3 is 24.9 Å². The highest BCUT2D eigenvalue weighted by Gasteiger charge is 2.50. The largest absolute Gasteiger partial charge is 0.399 e. The van der Waals surface area contributed by atoms with Crippen LogP contribution in [-0.2, 0) is 32.9 Å². The highest BCUT2D eigenvalue weighted by molar-refractivity contribution is 7.52. The Bertz CT molecular complexity index is 1620. The third-order valence-electron chi connectivity index (χ3n) is 8.32. The van der Waals surface area contributed by atoms with Gasteiger partial charge >= 0.3 is 13.3 Å². The normalized spacial score (nSPS) is 18.6. The SMILES string of the molecule is CC(C)(C)C(NC(=O)c1cc2cc(C(F)(F)P(=O)(O)O)ccc2s1)C(=O)N1CCCCC[C@H]1C(=O)N1Cc2ccccc2C1. The van der Waals surface area contributed by atoms with Crippen molar-refractivity contribution in [1.82, 2.24) is 15.1 Å². The molecule has 0 radical (unpaired) electrons. The number of hydrogen-bond donors (Lipinski definition) is 3. The van der Waals surface area contributed by atoms with Crippen molar-refractivity contribution >= 4 is 46.7 Å². The van der Waals surface area contributed by atoms with Crippen molar-refractivity contribution in [2.24, 2.45) is 5.41 Å². The first kappa shape index (κ1) is 32.2. The molecule has 3 N–H and O–H groups in total. The first-order chi connectivity index (χ1) is 20.6. The topological polar surface area (TPSA) is 127 Å². The highest BCUT2D eigenvalue weighted by atomic mass is 32.1. The maximum atomic E-state index is 14.3. The molecule has 2 atom stereocenters. The lowest BCUT2D eigenvalue weighted by molar-refractivity contribution is -0.148. The maximum absolute atomic E-state index is 14.3. The number of alkyl halides is 2. The number of benzene rings is 2. The van der Waals surface area contributed by atoms with Crippen molar-refractivity contribution in [3.63, 3.8) is 0 Å². The molecule has 13 heteroatoms. The predicted octanol–water partition coefficient (Wildman–Crippen LogP) is 5.59. The molecule has 1 unspecified atom stereocenters. The average Bonchev–Trinajstić information content (AvgIpc) is 3.50. The monoisotopic (exact) mass is 647 g/mol.